The van der Waals surface area contributed by atoms with Gasteiger partial charge in [0.15, 0.2) is 0 Å². The summed E-state index contributed by atoms with van der Waals surface area (Å²) >= 11 is 0. The van der Waals surface area contributed by atoms with Crippen LogP contribution in [-0.4, -0.2) is 53.9 Å². The van der Waals surface area contributed by atoms with Crippen molar-refractivity contribution in [3.8, 4) is 0 Å². The lowest BCUT2D eigenvalue weighted by atomic mass is 10.0. The number of carbonyl (C=O) groups excluding carboxylic acids is 1. The summed E-state index contributed by atoms with van der Waals surface area (Å²) in [7, 11) is 0. The first kappa shape index (κ1) is 15.0. The summed E-state index contributed by atoms with van der Waals surface area (Å²) in [6.45, 7) is 2.74. The Hall–Kier alpha value is -1.43. The molecule has 1 aliphatic rings. The summed E-state index contributed by atoms with van der Waals surface area (Å²) < 4.78 is 5.53. The van der Waals surface area contributed by atoms with Crippen molar-refractivity contribution in [1.29, 1.82) is 0 Å². The zero-order valence-electron chi connectivity index (χ0n) is 11.7. The third-order valence-corrected chi connectivity index (χ3v) is 3.46. The molecule has 0 spiro atoms. The molecule has 1 aliphatic heterocycles. The number of carbonyl (C=O) groups is 1. The van der Waals surface area contributed by atoms with Gasteiger partial charge in [0.2, 0.25) is 5.91 Å². The number of nitrogens with two attached hydrogens (primary N) is 1. The zero-order chi connectivity index (χ0) is 14.5. The van der Waals surface area contributed by atoms with Gasteiger partial charge >= 0.3 is 0 Å². The highest BCUT2D eigenvalue weighted by atomic mass is 16.5. The van der Waals surface area contributed by atoms with Crippen molar-refractivity contribution in [1.82, 2.24) is 4.90 Å². The van der Waals surface area contributed by atoms with Crippen molar-refractivity contribution in [2.24, 2.45) is 5.73 Å². The van der Waals surface area contributed by atoms with E-state index in [0.29, 0.717) is 19.5 Å². The van der Waals surface area contributed by atoms with Crippen LogP contribution in [-0.2, 0) is 16.0 Å². The third kappa shape index (κ3) is 3.79. The highest BCUT2D eigenvalue weighted by Gasteiger charge is 2.30. The van der Waals surface area contributed by atoms with Gasteiger partial charge in [-0.2, -0.15) is 0 Å². The van der Waals surface area contributed by atoms with E-state index in [1.165, 1.54) is 0 Å². The molecule has 1 saturated heterocycles. The van der Waals surface area contributed by atoms with Gasteiger partial charge in [0.25, 0.3) is 0 Å². The molecular weight excluding hydrogens is 256 g/mol. The van der Waals surface area contributed by atoms with Crippen LogP contribution in [0.3, 0.4) is 0 Å². The topological polar surface area (TPSA) is 75.8 Å². The van der Waals surface area contributed by atoms with Gasteiger partial charge in [-0.15, -0.1) is 0 Å². The van der Waals surface area contributed by atoms with Crippen LogP contribution >= 0.6 is 0 Å². The lowest BCUT2D eigenvalue weighted by Gasteiger charge is -2.37. The van der Waals surface area contributed by atoms with Gasteiger partial charge in [-0.05, 0) is 18.9 Å². The first-order valence-electron chi connectivity index (χ1n) is 6.94. The Labute approximate surface area is 119 Å². The average molecular weight is 278 g/mol. The minimum Gasteiger partial charge on any atom is -0.394 e. The van der Waals surface area contributed by atoms with Crippen molar-refractivity contribution in [3.63, 3.8) is 0 Å². The van der Waals surface area contributed by atoms with E-state index >= 15 is 0 Å². The third-order valence-electron chi connectivity index (χ3n) is 3.46. The lowest BCUT2D eigenvalue weighted by Crippen LogP contribution is -2.55. The molecule has 1 aromatic rings. The fourth-order valence-corrected chi connectivity index (χ4v) is 2.52. The van der Waals surface area contributed by atoms with Gasteiger partial charge in [0, 0.05) is 13.1 Å². The first-order valence-corrected chi connectivity index (χ1v) is 6.94. The molecule has 0 radical (unpaired) electrons. The highest BCUT2D eigenvalue weighted by molar-refractivity contribution is 5.82. The Kier molecular flexibility index (Phi) is 5.11. The molecule has 110 valence electrons. The van der Waals surface area contributed by atoms with E-state index in [1.54, 1.807) is 4.90 Å². The molecule has 1 aromatic carbocycles. The SMILES string of the molecule is CC1CN(C(=O)[C@H](N)Cc2ccccc2)CC(CO)O1. The summed E-state index contributed by atoms with van der Waals surface area (Å²) in [6.07, 6.45) is 0.135. The molecule has 0 aliphatic carbocycles. The van der Waals surface area contributed by atoms with E-state index in [-0.39, 0.29) is 24.7 Å². The Bertz CT molecular complexity index is 438. The van der Waals surface area contributed by atoms with Crippen LogP contribution in [0.15, 0.2) is 30.3 Å². The van der Waals surface area contributed by atoms with Crippen LogP contribution in [0.1, 0.15) is 12.5 Å². The van der Waals surface area contributed by atoms with Crippen LogP contribution in [0, 0.1) is 0 Å². The van der Waals surface area contributed by atoms with Crippen molar-refractivity contribution in [2.45, 2.75) is 31.6 Å². The Morgan fingerprint density at radius 2 is 2.15 bits per heavy atom. The van der Waals surface area contributed by atoms with Crippen LogP contribution in [0.25, 0.3) is 0 Å². The number of rotatable bonds is 4. The largest absolute Gasteiger partial charge is 0.394 e. The maximum atomic E-state index is 12.4. The quantitative estimate of drug-likeness (QED) is 0.823. The van der Waals surface area contributed by atoms with Crippen LogP contribution in [0.4, 0.5) is 0 Å². The monoisotopic (exact) mass is 278 g/mol. The van der Waals surface area contributed by atoms with Gasteiger partial charge in [-0.3, -0.25) is 4.79 Å². The number of ether oxygens (including phenoxy) is 1. The van der Waals surface area contributed by atoms with Crippen molar-refractivity contribution >= 4 is 5.91 Å². The predicted molar refractivity (Wildman–Crippen MR) is 76.1 cm³/mol. The highest BCUT2D eigenvalue weighted by Crippen LogP contribution is 2.13. The second kappa shape index (κ2) is 6.83. The molecule has 5 nitrogen and oxygen atoms in total. The van der Waals surface area contributed by atoms with E-state index < -0.39 is 6.04 Å². The van der Waals surface area contributed by atoms with Gasteiger partial charge in [0.05, 0.1) is 24.9 Å². The van der Waals surface area contributed by atoms with E-state index in [2.05, 4.69) is 0 Å². The minimum absolute atomic E-state index is 0.0752. The van der Waals surface area contributed by atoms with E-state index in [0.717, 1.165) is 5.56 Å². The van der Waals surface area contributed by atoms with Crippen LogP contribution < -0.4 is 5.73 Å². The predicted octanol–water partition coefficient (Wildman–Crippen LogP) is 0.165. The second-order valence-corrected chi connectivity index (χ2v) is 5.29. The summed E-state index contributed by atoms with van der Waals surface area (Å²) in [5, 5.41) is 9.19. The number of aliphatic hydroxyl groups excluding tert-OH is 1. The minimum atomic E-state index is -0.554. The molecule has 2 unspecified atom stereocenters. The number of nitrogens with zero attached hydrogens (tertiary/aromatic N) is 1. The summed E-state index contributed by atoms with van der Waals surface area (Å²) in [6, 6.07) is 9.18. The smallest absolute Gasteiger partial charge is 0.240 e. The number of benzene rings is 1. The normalized spacial score (nSPS) is 24.4. The molecule has 3 atom stereocenters. The Morgan fingerprint density at radius 3 is 2.80 bits per heavy atom. The number of aliphatic hydroxyl groups is 1. The molecule has 5 heteroatoms. The molecular formula is C15H22N2O3. The van der Waals surface area contributed by atoms with Gasteiger partial charge < -0.3 is 20.5 Å². The molecule has 0 saturated carbocycles. The number of hydrogen-bond donors (Lipinski definition) is 2. The van der Waals surface area contributed by atoms with Crippen LogP contribution in [0.5, 0.6) is 0 Å². The van der Waals surface area contributed by atoms with Crippen LogP contribution in [0.2, 0.25) is 0 Å². The zero-order valence-corrected chi connectivity index (χ0v) is 11.7. The molecule has 0 bridgehead atoms. The molecule has 1 amide bonds. The molecule has 3 N–H and O–H groups in total. The number of hydrogen-bond acceptors (Lipinski definition) is 4. The summed E-state index contributed by atoms with van der Waals surface area (Å²) in [5.74, 6) is -0.0811. The van der Waals surface area contributed by atoms with E-state index in [4.69, 9.17) is 10.5 Å². The first-order chi connectivity index (χ1) is 9.60. The molecule has 1 fully saturated rings. The average Bonchev–Trinajstić information content (AvgIpc) is 2.46. The maximum Gasteiger partial charge on any atom is 0.240 e. The van der Waals surface area contributed by atoms with E-state index in [9.17, 15) is 9.90 Å². The lowest BCUT2D eigenvalue weighted by molar-refractivity contribution is -0.148. The second-order valence-electron chi connectivity index (χ2n) is 5.29. The Morgan fingerprint density at radius 1 is 1.45 bits per heavy atom. The summed E-state index contributed by atoms with van der Waals surface area (Å²) in [4.78, 5) is 14.1. The maximum absolute atomic E-state index is 12.4. The van der Waals surface area contributed by atoms with Crippen molar-refractivity contribution in [2.75, 3.05) is 19.7 Å². The number of morpholine rings is 1. The number of amides is 1. The van der Waals surface area contributed by atoms with Crippen molar-refractivity contribution < 1.29 is 14.6 Å². The Balaban J connectivity index is 1.95. The molecule has 0 aromatic heterocycles. The van der Waals surface area contributed by atoms with Gasteiger partial charge in [-0.25, -0.2) is 0 Å². The van der Waals surface area contributed by atoms with Gasteiger partial charge in [-0.1, -0.05) is 30.3 Å². The van der Waals surface area contributed by atoms with Crippen molar-refractivity contribution in [3.05, 3.63) is 35.9 Å². The standard InChI is InChI=1S/C15H22N2O3/c1-11-8-17(9-13(10-18)20-11)15(19)14(16)7-12-5-3-2-4-6-12/h2-6,11,13-14,18H,7-10,16H2,1H3/t11?,13?,14-/m1/s1. The fraction of sp³-hybridized carbons (Fsp3) is 0.533. The molecule has 20 heavy (non-hydrogen) atoms. The van der Waals surface area contributed by atoms with E-state index in [1.807, 2.05) is 37.3 Å². The fourth-order valence-electron chi connectivity index (χ4n) is 2.52. The molecule has 2 rings (SSSR count). The molecule has 1 heterocycles. The summed E-state index contributed by atoms with van der Waals surface area (Å²) in [5.41, 5.74) is 7.07. The van der Waals surface area contributed by atoms with Gasteiger partial charge in [0.1, 0.15) is 0 Å².